The van der Waals surface area contributed by atoms with Crippen molar-refractivity contribution in [2.45, 2.75) is 11.3 Å². The zero-order valence-corrected chi connectivity index (χ0v) is 15.9. The number of nitrogens with one attached hydrogen (secondary N) is 1. The van der Waals surface area contributed by atoms with Gasteiger partial charge in [-0.2, -0.15) is 0 Å². The lowest BCUT2D eigenvalue weighted by molar-refractivity contribution is -0.122. The van der Waals surface area contributed by atoms with Crippen LogP contribution in [0.2, 0.25) is 0 Å². The van der Waals surface area contributed by atoms with Crippen molar-refractivity contribution in [3.05, 3.63) is 35.8 Å². The van der Waals surface area contributed by atoms with E-state index < -0.39 is 15.9 Å². The van der Waals surface area contributed by atoms with Gasteiger partial charge in [0.05, 0.1) is 10.8 Å². The maximum absolute atomic E-state index is 12.3. The van der Waals surface area contributed by atoms with Gasteiger partial charge in [-0.15, -0.1) is 11.3 Å². The van der Waals surface area contributed by atoms with E-state index in [2.05, 4.69) is 10.3 Å². The molecule has 0 spiro atoms. The van der Waals surface area contributed by atoms with Crippen molar-refractivity contribution in [1.82, 2.24) is 9.29 Å². The highest BCUT2D eigenvalue weighted by molar-refractivity contribution is 7.89. The van der Waals surface area contributed by atoms with Crippen molar-refractivity contribution in [3.8, 4) is 0 Å². The summed E-state index contributed by atoms with van der Waals surface area (Å²) in [6, 6.07) is 6.08. The first kappa shape index (κ1) is 18.5. The number of nitrogens with zero attached hydrogens (tertiary/aromatic N) is 3. The molecule has 10 heteroatoms. The topological polar surface area (TPSA) is 99.7 Å². The van der Waals surface area contributed by atoms with Crippen LogP contribution in [0, 0.1) is 5.92 Å². The third kappa shape index (κ3) is 3.62. The Morgan fingerprint density at radius 3 is 2.58 bits per heavy atom. The van der Waals surface area contributed by atoms with Gasteiger partial charge in [0.15, 0.2) is 5.13 Å². The van der Waals surface area contributed by atoms with Gasteiger partial charge in [0.2, 0.25) is 21.8 Å². The number of sulfonamides is 1. The first-order chi connectivity index (χ1) is 12.3. The molecule has 1 unspecified atom stereocenters. The number of rotatable bonds is 5. The number of thiazole rings is 1. The molecular formula is C16H18N4O4S2. The highest BCUT2D eigenvalue weighted by atomic mass is 32.2. The minimum atomic E-state index is -3.52. The summed E-state index contributed by atoms with van der Waals surface area (Å²) >= 11 is 1.31. The second-order valence-electron chi connectivity index (χ2n) is 6.01. The average molecular weight is 394 g/mol. The molecule has 0 bridgehead atoms. The van der Waals surface area contributed by atoms with Gasteiger partial charge in [0, 0.05) is 44.3 Å². The van der Waals surface area contributed by atoms with Crippen LogP contribution in [-0.2, 0) is 19.6 Å². The second kappa shape index (κ2) is 7.14. The van der Waals surface area contributed by atoms with Crippen LogP contribution in [0.25, 0.3) is 0 Å². The zero-order chi connectivity index (χ0) is 18.9. The Bertz CT molecular complexity index is 908. The first-order valence-electron chi connectivity index (χ1n) is 7.82. The molecule has 1 N–H and O–H groups in total. The van der Waals surface area contributed by atoms with E-state index in [0.29, 0.717) is 10.8 Å². The van der Waals surface area contributed by atoms with E-state index in [1.54, 1.807) is 23.7 Å². The van der Waals surface area contributed by atoms with E-state index in [1.165, 1.54) is 42.5 Å². The van der Waals surface area contributed by atoms with E-state index in [1.807, 2.05) is 0 Å². The monoisotopic (exact) mass is 394 g/mol. The molecule has 3 rings (SSSR count). The lowest BCUT2D eigenvalue weighted by atomic mass is 10.1. The number of amides is 2. The summed E-state index contributed by atoms with van der Waals surface area (Å²) in [7, 11) is -0.610. The number of hydrogen-bond donors (Lipinski definition) is 1. The van der Waals surface area contributed by atoms with Crippen molar-refractivity contribution in [2.75, 3.05) is 30.9 Å². The van der Waals surface area contributed by atoms with Gasteiger partial charge in [-0.3, -0.25) is 9.59 Å². The van der Waals surface area contributed by atoms with Crippen molar-refractivity contribution < 1.29 is 18.0 Å². The van der Waals surface area contributed by atoms with Gasteiger partial charge in [-0.1, -0.05) is 0 Å². The fourth-order valence-corrected chi connectivity index (χ4v) is 4.07. The van der Waals surface area contributed by atoms with Crippen LogP contribution in [0.5, 0.6) is 0 Å². The van der Waals surface area contributed by atoms with E-state index in [-0.39, 0.29) is 29.7 Å². The molecule has 1 aromatic heterocycles. The Balaban J connectivity index is 1.72. The predicted molar refractivity (Wildman–Crippen MR) is 98.5 cm³/mol. The van der Waals surface area contributed by atoms with Crippen LogP contribution >= 0.6 is 11.3 Å². The van der Waals surface area contributed by atoms with Crippen LogP contribution in [0.15, 0.2) is 40.7 Å². The van der Waals surface area contributed by atoms with E-state index >= 15 is 0 Å². The fourth-order valence-electron chi connectivity index (χ4n) is 2.63. The van der Waals surface area contributed by atoms with Gasteiger partial charge in [-0.25, -0.2) is 17.7 Å². The molecule has 2 aromatic rings. The van der Waals surface area contributed by atoms with Gasteiger partial charge >= 0.3 is 0 Å². The molecule has 2 amide bonds. The molecule has 1 aromatic carbocycles. The molecule has 1 saturated heterocycles. The Morgan fingerprint density at radius 2 is 2.00 bits per heavy atom. The molecule has 8 nitrogen and oxygen atoms in total. The van der Waals surface area contributed by atoms with Crippen molar-refractivity contribution >= 4 is 44.0 Å². The predicted octanol–water partition coefficient (Wildman–Crippen LogP) is 1.38. The molecule has 0 aliphatic carbocycles. The second-order valence-corrected chi connectivity index (χ2v) is 9.06. The molecule has 26 heavy (non-hydrogen) atoms. The molecule has 1 aliphatic heterocycles. The molecule has 2 heterocycles. The highest BCUT2D eigenvalue weighted by Gasteiger charge is 2.35. The Kier molecular flexibility index (Phi) is 5.08. The Labute approximate surface area is 155 Å². The summed E-state index contributed by atoms with van der Waals surface area (Å²) in [5, 5.41) is 4.96. The van der Waals surface area contributed by atoms with Crippen LogP contribution in [0.3, 0.4) is 0 Å². The SMILES string of the molecule is CN(C)S(=O)(=O)c1ccc(N2CC(C(=O)Nc3nccs3)CC2=O)cc1. The average Bonchev–Trinajstić information content (AvgIpc) is 3.24. The number of aromatic nitrogens is 1. The number of carbonyl (C=O) groups excluding carboxylic acids is 2. The summed E-state index contributed by atoms with van der Waals surface area (Å²) in [4.78, 5) is 30.2. The van der Waals surface area contributed by atoms with Crippen molar-refractivity contribution in [1.29, 1.82) is 0 Å². The van der Waals surface area contributed by atoms with E-state index in [9.17, 15) is 18.0 Å². The number of carbonyl (C=O) groups is 2. The van der Waals surface area contributed by atoms with Crippen LogP contribution in [0.4, 0.5) is 10.8 Å². The summed E-state index contributed by atoms with van der Waals surface area (Å²) < 4.78 is 25.3. The van der Waals surface area contributed by atoms with Crippen molar-refractivity contribution in [3.63, 3.8) is 0 Å². The standard InChI is InChI=1S/C16H18N4O4S2/c1-19(2)26(23,24)13-5-3-12(4-6-13)20-10-11(9-14(20)21)15(22)18-16-17-7-8-25-16/h3-8,11H,9-10H2,1-2H3,(H,17,18,22). The fraction of sp³-hybridized carbons (Fsp3) is 0.312. The lowest BCUT2D eigenvalue weighted by Crippen LogP contribution is -2.28. The van der Waals surface area contributed by atoms with Gasteiger partial charge < -0.3 is 10.2 Å². The van der Waals surface area contributed by atoms with Crippen LogP contribution in [0.1, 0.15) is 6.42 Å². The molecule has 0 saturated carbocycles. The molecule has 1 atom stereocenters. The van der Waals surface area contributed by atoms with Crippen LogP contribution < -0.4 is 10.2 Å². The smallest absolute Gasteiger partial charge is 0.242 e. The molecule has 138 valence electrons. The van der Waals surface area contributed by atoms with Gasteiger partial charge in [-0.05, 0) is 24.3 Å². The number of anilines is 2. The number of hydrogen-bond acceptors (Lipinski definition) is 6. The van der Waals surface area contributed by atoms with Crippen LogP contribution in [-0.4, -0.2) is 50.2 Å². The Hall–Kier alpha value is -2.30. The molecule has 1 fully saturated rings. The first-order valence-corrected chi connectivity index (χ1v) is 10.1. The number of benzene rings is 1. The molecule has 1 aliphatic rings. The minimum Gasteiger partial charge on any atom is -0.312 e. The van der Waals surface area contributed by atoms with Crippen molar-refractivity contribution in [2.24, 2.45) is 5.92 Å². The largest absolute Gasteiger partial charge is 0.312 e. The summed E-state index contributed by atoms with van der Waals surface area (Å²) in [6.07, 6.45) is 1.70. The zero-order valence-electron chi connectivity index (χ0n) is 14.2. The maximum atomic E-state index is 12.3. The van der Waals surface area contributed by atoms with E-state index in [4.69, 9.17) is 0 Å². The molecular weight excluding hydrogens is 376 g/mol. The van der Waals surface area contributed by atoms with E-state index in [0.717, 1.165) is 4.31 Å². The minimum absolute atomic E-state index is 0.106. The summed E-state index contributed by atoms with van der Waals surface area (Å²) in [6.45, 7) is 0.246. The Morgan fingerprint density at radius 1 is 1.31 bits per heavy atom. The quantitative estimate of drug-likeness (QED) is 0.826. The van der Waals surface area contributed by atoms with Gasteiger partial charge in [0.1, 0.15) is 0 Å². The normalized spacial score (nSPS) is 17.7. The third-order valence-electron chi connectivity index (χ3n) is 4.09. The highest BCUT2D eigenvalue weighted by Crippen LogP contribution is 2.27. The third-order valence-corrected chi connectivity index (χ3v) is 6.60. The lowest BCUT2D eigenvalue weighted by Gasteiger charge is -2.18. The molecule has 0 radical (unpaired) electrons. The summed E-state index contributed by atoms with van der Waals surface area (Å²) in [5.74, 6) is -0.897. The maximum Gasteiger partial charge on any atom is 0.242 e. The summed E-state index contributed by atoms with van der Waals surface area (Å²) in [5.41, 5.74) is 0.567. The van der Waals surface area contributed by atoms with Gasteiger partial charge in [0.25, 0.3) is 0 Å².